The van der Waals surface area contributed by atoms with Crippen molar-refractivity contribution in [1.29, 1.82) is 0 Å². The molecule has 1 aromatic heterocycles. The molecule has 0 fully saturated rings. The molecule has 8 heteroatoms. The molecule has 4 rings (SSSR count). The second kappa shape index (κ2) is 10.8. The van der Waals surface area contributed by atoms with Crippen molar-refractivity contribution in [2.24, 2.45) is 0 Å². The Labute approximate surface area is 214 Å². The molecular formula is C27H28ClFN2O3S. The average Bonchev–Trinajstić information content (AvgIpc) is 3.32. The van der Waals surface area contributed by atoms with Crippen LogP contribution in [0.1, 0.15) is 46.3 Å². The van der Waals surface area contributed by atoms with Crippen molar-refractivity contribution in [2.75, 3.05) is 19.7 Å². The third-order valence-electron chi connectivity index (χ3n) is 6.25. The number of halogens is 2. The van der Waals surface area contributed by atoms with Gasteiger partial charge in [0.05, 0.1) is 11.6 Å². The molecule has 0 bridgehead atoms. The number of carbonyl (C=O) groups is 2. The van der Waals surface area contributed by atoms with E-state index in [-0.39, 0.29) is 36.7 Å². The molecule has 1 aliphatic heterocycles. The van der Waals surface area contributed by atoms with E-state index < -0.39 is 11.7 Å². The second-order valence-corrected chi connectivity index (χ2v) is 10.3. The predicted molar refractivity (Wildman–Crippen MR) is 137 cm³/mol. The van der Waals surface area contributed by atoms with E-state index in [0.29, 0.717) is 17.3 Å². The summed E-state index contributed by atoms with van der Waals surface area (Å²) in [4.78, 5) is 31.1. The Kier molecular flexibility index (Phi) is 7.77. The Bertz CT molecular complexity index is 1230. The monoisotopic (exact) mass is 514 g/mol. The maximum Gasteiger partial charge on any atom is 0.257 e. The van der Waals surface area contributed by atoms with Crippen LogP contribution in [0.25, 0.3) is 0 Å². The van der Waals surface area contributed by atoms with Crippen molar-refractivity contribution < 1.29 is 18.7 Å². The highest BCUT2D eigenvalue weighted by atomic mass is 35.5. The third-order valence-corrected chi connectivity index (χ3v) is 7.67. The maximum absolute atomic E-state index is 14.3. The van der Waals surface area contributed by atoms with Crippen molar-refractivity contribution in [3.63, 3.8) is 0 Å². The van der Waals surface area contributed by atoms with Gasteiger partial charge in [-0.2, -0.15) is 0 Å². The van der Waals surface area contributed by atoms with E-state index in [0.717, 1.165) is 17.5 Å². The quantitative estimate of drug-likeness (QED) is 0.394. The Morgan fingerprint density at radius 3 is 2.71 bits per heavy atom. The second-order valence-electron chi connectivity index (χ2n) is 8.88. The van der Waals surface area contributed by atoms with Crippen LogP contribution in [0.4, 0.5) is 4.39 Å². The minimum Gasteiger partial charge on any atom is -0.491 e. The SMILES string of the molecule is Cc1cc(OCC2c3ccsc3CCN2C(=O)CN(C(=O)c2ccccc2F)C(C)C)ccc1Cl. The number of amides is 2. The molecule has 0 N–H and O–H groups in total. The van der Waals surface area contributed by atoms with Crippen molar-refractivity contribution in [3.8, 4) is 5.75 Å². The topological polar surface area (TPSA) is 49.9 Å². The van der Waals surface area contributed by atoms with E-state index >= 15 is 0 Å². The van der Waals surface area contributed by atoms with Crippen LogP contribution in [-0.2, 0) is 11.2 Å². The lowest BCUT2D eigenvalue weighted by Gasteiger charge is -2.37. The summed E-state index contributed by atoms with van der Waals surface area (Å²) >= 11 is 7.81. The zero-order valence-corrected chi connectivity index (χ0v) is 21.5. The summed E-state index contributed by atoms with van der Waals surface area (Å²) in [5, 5.41) is 2.69. The molecule has 5 nitrogen and oxygen atoms in total. The average molecular weight is 515 g/mol. The molecule has 3 aromatic rings. The highest BCUT2D eigenvalue weighted by Gasteiger charge is 2.34. The molecule has 1 aliphatic rings. The van der Waals surface area contributed by atoms with Crippen LogP contribution >= 0.6 is 22.9 Å². The van der Waals surface area contributed by atoms with Gasteiger partial charge in [0.25, 0.3) is 5.91 Å². The molecule has 0 spiro atoms. The minimum atomic E-state index is -0.596. The molecule has 0 saturated heterocycles. The number of fused-ring (bicyclic) bond motifs is 1. The molecule has 1 atom stereocenters. The van der Waals surface area contributed by atoms with Crippen molar-refractivity contribution in [3.05, 3.63) is 86.3 Å². The molecule has 2 aromatic carbocycles. The Morgan fingerprint density at radius 2 is 2.00 bits per heavy atom. The van der Waals surface area contributed by atoms with Gasteiger partial charge in [0.1, 0.15) is 24.7 Å². The molecule has 1 unspecified atom stereocenters. The standard InChI is InChI=1S/C27H28ClFN2O3S/c1-17(2)31(27(33)20-6-4-5-7-23(20)29)15-26(32)30-12-10-25-21(11-13-35-25)24(30)16-34-19-8-9-22(28)18(3)14-19/h4-9,11,13-14,17,24H,10,12,15-16H2,1-3H3. The number of aryl methyl sites for hydroxylation is 1. The van der Waals surface area contributed by atoms with E-state index in [4.69, 9.17) is 16.3 Å². The summed E-state index contributed by atoms with van der Waals surface area (Å²) in [5.41, 5.74) is 1.94. The van der Waals surface area contributed by atoms with Crippen LogP contribution in [0.2, 0.25) is 5.02 Å². The van der Waals surface area contributed by atoms with Gasteiger partial charge in [0.15, 0.2) is 0 Å². The number of hydrogen-bond acceptors (Lipinski definition) is 4. The first kappa shape index (κ1) is 25.2. The molecule has 184 valence electrons. The predicted octanol–water partition coefficient (Wildman–Crippen LogP) is 5.90. The van der Waals surface area contributed by atoms with E-state index in [2.05, 4.69) is 0 Å². The molecule has 2 amide bonds. The highest BCUT2D eigenvalue weighted by Crippen LogP contribution is 2.34. The van der Waals surface area contributed by atoms with Crippen LogP contribution in [0.15, 0.2) is 53.9 Å². The fourth-order valence-electron chi connectivity index (χ4n) is 4.27. The number of thiophene rings is 1. The van der Waals surface area contributed by atoms with E-state index in [9.17, 15) is 14.0 Å². The molecule has 0 radical (unpaired) electrons. The fraction of sp³-hybridized carbons (Fsp3) is 0.333. The smallest absolute Gasteiger partial charge is 0.257 e. The number of rotatable bonds is 7. The first-order valence-electron chi connectivity index (χ1n) is 11.6. The molecule has 0 aliphatic carbocycles. The number of benzene rings is 2. The van der Waals surface area contributed by atoms with Crippen LogP contribution in [0, 0.1) is 12.7 Å². The lowest BCUT2D eigenvalue weighted by molar-refractivity contribution is -0.136. The number of nitrogens with zero attached hydrogens (tertiary/aromatic N) is 2. The number of ether oxygens (including phenoxy) is 1. The van der Waals surface area contributed by atoms with Gasteiger partial charge >= 0.3 is 0 Å². The highest BCUT2D eigenvalue weighted by molar-refractivity contribution is 7.10. The van der Waals surface area contributed by atoms with Crippen LogP contribution in [-0.4, -0.2) is 47.4 Å². The van der Waals surface area contributed by atoms with Crippen LogP contribution < -0.4 is 4.74 Å². The number of hydrogen-bond donors (Lipinski definition) is 0. The zero-order valence-electron chi connectivity index (χ0n) is 20.0. The minimum absolute atomic E-state index is 0.0363. The van der Waals surface area contributed by atoms with Gasteiger partial charge in [-0.3, -0.25) is 9.59 Å². The van der Waals surface area contributed by atoms with Gasteiger partial charge in [0.2, 0.25) is 5.91 Å². The summed E-state index contributed by atoms with van der Waals surface area (Å²) < 4.78 is 20.4. The zero-order chi connectivity index (χ0) is 25.1. The van der Waals surface area contributed by atoms with Gasteiger partial charge in [-0.15, -0.1) is 11.3 Å². The van der Waals surface area contributed by atoms with Crippen molar-refractivity contribution in [2.45, 2.75) is 39.3 Å². The molecular weight excluding hydrogens is 487 g/mol. The lowest BCUT2D eigenvalue weighted by Crippen LogP contribution is -2.49. The normalized spacial score (nSPS) is 15.1. The molecule has 2 heterocycles. The molecule has 0 saturated carbocycles. The first-order chi connectivity index (χ1) is 16.8. The summed E-state index contributed by atoms with van der Waals surface area (Å²) in [6.07, 6.45) is 0.748. The van der Waals surface area contributed by atoms with Crippen LogP contribution in [0.3, 0.4) is 0 Å². The third kappa shape index (κ3) is 5.52. The Hall–Kier alpha value is -2.90. The van der Waals surface area contributed by atoms with Gasteiger partial charge in [-0.1, -0.05) is 23.7 Å². The van der Waals surface area contributed by atoms with E-state index in [1.807, 2.05) is 44.4 Å². The fourth-order valence-corrected chi connectivity index (χ4v) is 5.32. The lowest BCUT2D eigenvalue weighted by atomic mass is 10.00. The van der Waals surface area contributed by atoms with Gasteiger partial charge in [0, 0.05) is 22.5 Å². The summed E-state index contributed by atoms with van der Waals surface area (Å²) in [6, 6.07) is 12.8. The van der Waals surface area contributed by atoms with Crippen LogP contribution in [0.5, 0.6) is 5.75 Å². The van der Waals surface area contributed by atoms with E-state index in [1.54, 1.807) is 28.4 Å². The van der Waals surface area contributed by atoms with Crippen molar-refractivity contribution in [1.82, 2.24) is 9.80 Å². The summed E-state index contributed by atoms with van der Waals surface area (Å²) in [5.74, 6) is -0.605. The Morgan fingerprint density at radius 1 is 1.23 bits per heavy atom. The van der Waals surface area contributed by atoms with Gasteiger partial charge < -0.3 is 14.5 Å². The van der Waals surface area contributed by atoms with Gasteiger partial charge in [-0.25, -0.2) is 4.39 Å². The van der Waals surface area contributed by atoms with Gasteiger partial charge in [-0.05, 0) is 80.1 Å². The molecule has 35 heavy (non-hydrogen) atoms. The summed E-state index contributed by atoms with van der Waals surface area (Å²) in [6.45, 7) is 6.22. The van der Waals surface area contributed by atoms with Crippen molar-refractivity contribution >= 4 is 34.8 Å². The maximum atomic E-state index is 14.3. The number of carbonyl (C=O) groups excluding carboxylic acids is 2. The van der Waals surface area contributed by atoms with E-state index in [1.165, 1.54) is 28.0 Å². The largest absolute Gasteiger partial charge is 0.491 e. The summed E-state index contributed by atoms with van der Waals surface area (Å²) in [7, 11) is 0. The first-order valence-corrected chi connectivity index (χ1v) is 12.8. The Balaban J connectivity index is 1.54.